The predicted molar refractivity (Wildman–Crippen MR) is 70.0 cm³/mol. The van der Waals surface area contributed by atoms with E-state index in [1.54, 1.807) is 18.2 Å². The number of rotatable bonds is 2. The van der Waals surface area contributed by atoms with Gasteiger partial charge in [0.25, 0.3) is 0 Å². The first kappa shape index (κ1) is 12.1. The molecule has 2 N–H and O–H groups in total. The highest BCUT2D eigenvalue weighted by Crippen LogP contribution is 2.29. The van der Waals surface area contributed by atoms with Gasteiger partial charge in [-0.3, -0.25) is 0 Å². The summed E-state index contributed by atoms with van der Waals surface area (Å²) in [5.74, 6) is -0.931. The van der Waals surface area contributed by atoms with Crippen LogP contribution >= 0.6 is 22.6 Å². The van der Waals surface area contributed by atoms with E-state index in [9.17, 15) is 8.78 Å². The fourth-order valence-corrected chi connectivity index (χ4v) is 1.84. The second-order valence-electron chi connectivity index (χ2n) is 3.39. The topological polar surface area (TPSA) is 35.2 Å². The molecule has 0 atom stereocenters. The lowest BCUT2D eigenvalue weighted by Gasteiger charge is -2.08. The van der Waals surface area contributed by atoms with Crippen molar-refractivity contribution >= 4 is 28.3 Å². The van der Waals surface area contributed by atoms with Gasteiger partial charge in [0.2, 0.25) is 0 Å². The average molecular weight is 347 g/mol. The predicted octanol–water partition coefficient (Wildman–Crippen LogP) is 3.94. The van der Waals surface area contributed by atoms with Crippen molar-refractivity contribution in [2.24, 2.45) is 0 Å². The quantitative estimate of drug-likeness (QED) is 0.660. The molecule has 0 aliphatic carbocycles. The molecule has 88 valence electrons. The van der Waals surface area contributed by atoms with Crippen LogP contribution in [-0.2, 0) is 0 Å². The minimum atomic E-state index is -0.691. The van der Waals surface area contributed by atoms with Crippen LogP contribution in [0.3, 0.4) is 0 Å². The van der Waals surface area contributed by atoms with Crippen LogP contribution in [-0.4, -0.2) is 0 Å². The van der Waals surface area contributed by atoms with Gasteiger partial charge in [0.05, 0.1) is 5.69 Å². The van der Waals surface area contributed by atoms with E-state index in [4.69, 9.17) is 10.5 Å². The number of ether oxygens (including phenoxy) is 1. The Morgan fingerprint density at radius 3 is 2.24 bits per heavy atom. The van der Waals surface area contributed by atoms with Gasteiger partial charge >= 0.3 is 0 Å². The molecule has 0 bridgehead atoms. The molecule has 2 aromatic rings. The summed E-state index contributed by atoms with van der Waals surface area (Å²) < 4.78 is 32.2. The molecular weight excluding hydrogens is 339 g/mol. The van der Waals surface area contributed by atoms with Crippen LogP contribution in [0.15, 0.2) is 36.4 Å². The summed E-state index contributed by atoms with van der Waals surface area (Å²) in [4.78, 5) is 0. The van der Waals surface area contributed by atoms with Crippen LogP contribution in [0.4, 0.5) is 14.5 Å². The Labute approximate surface area is 111 Å². The number of hydrogen-bond acceptors (Lipinski definition) is 2. The van der Waals surface area contributed by atoms with E-state index in [0.717, 1.165) is 21.8 Å². The van der Waals surface area contributed by atoms with E-state index in [0.29, 0.717) is 11.4 Å². The number of halogens is 3. The van der Waals surface area contributed by atoms with Gasteiger partial charge in [0.15, 0.2) is 0 Å². The third-order valence-corrected chi connectivity index (χ3v) is 2.71. The lowest BCUT2D eigenvalue weighted by molar-refractivity contribution is 0.470. The van der Waals surface area contributed by atoms with Crippen molar-refractivity contribution in [3.8, 4) is 11.5 Å². The summed E-state index contributed by atoms with van der Waals surface area (Å²) in [6.45, 7) is 0. The van der Waals surface area contributed by atoms with Crippen molar-refractivity contribution in [1.82, 2.24) is 0 Å². The monoisotopic (exact) mass is 347 g/mol. The molecule has 0 spiro atoms. The number of anilines is 1. The molecule has 0 saturated heterocycles. The molecule has 0 aliphatic heterocycles. The highest BCUT2D eigenvalue weighted by atomic mass is 127. The van der Waals surface area contributed by atoms with E-state index in [1.807, 2.05) is 0 Å². The summed E-state index contributed by atoms with van der Waals surface area (Å²) in [7, 11) is 0. The van der Waals surface area contributed by atoms with Gasteiger partial charge in [-0.25, -0.2) is 8.78 Å². The summed E-state index contributed by atoms with van der Waals surface area (Å²) in [6.07, 6.45) is 0. The maximum Gasteiger partial charge on any atom is 0.150 e. The van der Waals surface area contributed by atoms with Gasteiger partial charge in [-0.2, -0.15) is 0 Å². The van der Waals surface area contributed by atoms with Crippen LogP contribution in [0.5, 0.6) is 11.5 Å². The van der Waals surface area contributed by atoms with Gasteiger partial charge in [-0.1, -0.05) is 0 Å². The second-order valence-corrected chi connectivity index (χ2v) is 4.63. The van der Waals surface area contributed by atoms with E-state index in [-0.39, 0.29) is 5.75 Å². The molecule has 0 heterocycles. The van der Waals surface area contributed by atoms with Crippen molar-refractivity contribution in [2.75, 3.05) is 5.73 Å². The molecule has 0 aliphatic rings. The fraction of sp³-hybridized carbons (Fsp3) is 0. The van der Waals surface area contributed by atoms with Crippen molar-refractivity contribution in [3.63, 3.8) is 0 Å². The molecule has 2 nitrogen and oxygen atoms in total. The Kier molecular flexibility index (Phi) is 3.46. The third kappa shape index (κ3) is 3.06. The minimum absolute atomic E-state index is 0.0791. The van der Waals surface area contributed by atoms with Crippen LogP contribution in [0.2, 0.25) is 0 Å². The molecule has 0 unspecified atom stereocenters. The van der Waals surface area contributed by atoms with Crippen molar-refractivity contribution in [3.05, 3.63) is 51.6 Å². The lowest BCUT2D eigenvalue weighted by atomic mass is 10.3. The third-order valence-electron chi connectivity index (χ3n) is 2.04. The zero-order chi connectivity index (χ0) is 12.4. The smallest absolute Gasteiger partial charge is 0.150 e. The summed E-state index contributed by atoms with van der Waals surface area (Å²) in [5.41, 5.74) is 6.15. The van der Waals surface area contributed by atoms with E-state index < -0.39 is 11.6 Å². The van der Waals surface area contributed by atoms with Gasteiger partial charge in [-0.15, -0.1) is 0 Å². The zero-order valence-electron chi connectivity index (χ0n) is 8.58. The van der Waals surface area contributed by atoms with Crippen molar-refractivity contribution in [1.29, 1.82) is 0 Å². The molecule has 5 heteroatoms. The van der Waals surface area contributed by atoms with Crippen LogP contribution in [0, 0.1) is 15.2 Å². The Morgan fingerprint density at radius 1 is 1.00 bits per heavy atom. The average Bonchev–Trinajstić information content (AvgIpc) is 2.21. The second kappa shape index (κ2) is 4.87. The van der Waals surface area contributed by atoms with Crippen molar-refractivity contribution in [2.45, 2.75) is 0 Å². The molecule has 0 aromatic heterocycles. The number of nitrogen functional groups attached to an aromatic ring is 1. The van der Waals surface area contributed by atoms with E-state index in [1.165, 1.54) is 0 Å². The Balaban J connectivity index is 2.31. The van der Waals surface area contributed by atoms with E-state index in [2.05, 4.69) is 22.6 Å². The number of nitrogens with two attached hydrogens (primary N) is 1. The first-order valence-corrected chi connectivity index (χ1v) is 5.81. The SMILES string of the molecule is Nc1cc(I)ccc1Oc1cc(F)cc(F)c1. The van der Waals surface area contributed by atoms with Gasteiger partial charge in [0, 0.05) is 21.8 Å². The van der Waals surface area contributed by atoms with Gasteiger partial charge < -0.3 is 10.5 Å². The molecule has 0 saturated carbocycles. The minimum Gasteiger partial charge on any atom is -0.455 e. The van der Waals surface area contributed by atoms with Crippen LogP contribution < -0.4 is 10.5 Å². The molecule has 0 radical (unpaired) electrons. The first-order valence-electron chi connectivity index (χ1n) is 4.73. The van der Waals surface area contributed by atoms with E-state index >= 15 is 0 Å². The zero-order valence-corrected chi connectivity index (χ0v) is 10.7. The molecule has 0 fully saturated rings. The fourth-order valence-electron chi connectivity index (χ4n) is 1.33. The molecular formula is C12H8F2INO. The van der Waals surface area contributed by atoms with Crippen molar-refractivity contribution < 1.29 is 13.5 Å². The Bertz CT molecular complexity index is 540. The van der Waals surface area contributed by atoms with Gasteiger partial charge in [0.1, 0.15) is 23.1 Å². The molecule has 2 aromatic carbocycles. The van der Waals surface area contributed by atoms with Gasteiger partial charge in [-0.05, 0) is 40.8 Å². The number of benzene rings is 2. The highest BCUT2D eigenvalue weighted by Gasteiger charge is 2.05. The maximum atomic E-state index is 12.9. The summed E-state index contributed by atoms with van der Waals surface area (Å²) in [5, 5.41) is 0. The summed E-state index contributed by atoms with van der Waals surface area (Å²) in [6, 6.07) is 8.14. The largest absolute Gasteiger partial charge is 0.455 e. The van der Waals surface area contributed by atoms with Crippen LogP contribution in [0.1, 0.15) is 0 Å². The Hall–Kier alpha value is -1.37. The highest BCUT2D eigenvalue weighted by molar-refractivity contribution is 14.1. The van der Waals surface area contributed by atoms with Crippen LogP contribution in [0.25, 0.3) is 0 Å². The molecule has 0 amide bonds. The maximum absolute atomic E-state index is 12.9. The molecule has 2 rings (SSSR count). The normalized spacial score (nSPS) is 10.3. The number of hydrogen-bond donors (Lipinski definition) is 1. The summed E-state index contributed by atoms with van der Waals surface area (Å²) >= 11 is 2.11. The lowest BCUT2D eigenvalue weighted by Crippen LogP contribution is -1.93. The Morgan fingerprint density at radius 2 is 1.65 bits per heavy atom. The first-order chi connectivity index (χ1) is 8.04. The molecule has 17 heavy (non-hydrogen) atoms. The standard InChI is InChI=1S/C12H8F2INO/c13-7-3-8(14)5-10(4-7)17-12-2-1-9(15)6-11(12)16/h1-6H,16H2.